The number of carbonyl (C=O) groups excluding carboxylic acids is 1. The van der Waals surface area contributed by atoms with E-state index in [0.29, 0.717) is 31.0 Å². The van der Waals surface area contributed by atoms with Crippen molar-refractivity contribution in [1.29, 1.82) is 0 Å². The normalized spacial score (nSPS) is 19.4. The summed E-state index contributed by atoms with van der Waals surface area (Å²) in [5, 5.41) is 3.21. The van der Waals surface area contributed by atoms with E-state index in [-0.39, 0.29) is 6.03 Å². The molecular formula is C18H29N5O2. The number of aromatic nitrogens is 2. The van der Waals surface area contributed by atoms with Crippen LogP contribution in [0.25, 0.3) is 0 Å². The number of rotatable bonds is 4. The molecule has 1 aliphatic carbocycles. The molecule has 1 aromatic rings. The molecule has 3 rings (SSSR count). The van der Waals surface area contributed by atoms with Gasteiger partial charge < -0.3 is 19.9 Å². The molecule has 0 atom stereocenters. The Kier molecular flexibility index (Phi) is 6.30. The number of ether oxygens (including phenoxy) is 1. The van der Waals surface area contributed by atoms with Crippen molar-refractivity contribution in [3.05, 3.63) is 12.3 Å². The molecule has 25 heavy (non-hydrogen) atoms. The number of carbonyl (C=O) groups is 1. The molecule has 1 N–H and O–H groups in total. The summed E-state index contributed by atoms with van der Waals surface area (Å²) in [6.45, 7) is 5.60. The maximum absolute atomic E-state index is 12.5. The first-order chi connectivity index (χ1) is 12.3. The van der Waals surface area contributed by atoms with Gasteiger partial charge in [0.2, 0.25) is 11.8 Å². The van der Waals surface area contributed by atoms with E-state index in [2.05, 4.69) is 20.2 Å². The Bertz CT molecular complexity index is 562. The zero-order chi connectivity index (χ0) is 17.5. The number of hydrogen-bond acceptors (Lipinski definition) is 5. The van der Waals surface area contributed by atoms with Gasteiger partial charge in [-0.25, -0.2) is 9.78 Å². The number of hydrogen-bond donors (Lipinski definition) is 1. The Balaban J connectivity index is 1.54. The van der Waals surface area contributed by atoms with Crippen LogP contribution in [-0.2, 0) is 0 Å². The van der Waals surface area contributed by atoms with Crippen molar-refractivity contribution in [2.75, 3.05) is 37.7 Å². The van der Waals surface area contributed by atoms with Crippen molar-refractivity contribution in [2.24, 2.45) is 0 Å². The number of nitrogens with one attached hydrogen (secondary N) is 1. The van der Waals surface area contributed by atoms with E-state index in [1.54, 1.807) is 12.3 Å². The smallest absolute Gasteiger partial charge is 0.317 e. The van der Waals surface area contributed by atoms with E-state index in [1.807, 2.05) is 11.8 Å². The Morgan fingerprint density at radius 3 is 2.84 bits per heavy atom. The molecule has 0 spiro atoms. The van der Waals surface area contributed by atoms with E-state index in [4.69, 9.17) is 4.74 Å². The van der Waals surface area contributed by atoms with Crippen LogP contribution in [0.1, 0.15) is 45.4 Å². The molecule has 0 bridgehead atoms. The highest BCUT2D eigenvalue weighted by atomic mass is 16.5. The van der Waals surface area contributed by atoms with Crippen molar-refractivity contribution < 1.29 is 9.53 Å². The molecule has 1 aromatic heterocycles. The average molecular weight is 347 g/mol. The fourth-order valence-corrected chi connectivity index (χ4v) is 3.55. The zero-order valence-electron chi connectivity index (χ0n) is 15.1. The fraction of sp³-hybridized carbons (Fsp3) is 0.722. The van der Waals surface area contributed by atoms with Gasteiger partial charge in [0.1, 0.15) is 0 Å². The number of anilines is 1. The van der Waals surface area contributed by atoms with Gasteiger partial charge in [-0.1, -0.05) is 19.3 Å². The van der Waals surface area contributed by atoms with Gasteiger partial charge in [0.25, 0.3) is 0 Å². The van der Waals surface area contributed by atoms with Gasteiger partial charge in [-0.2, -0.15) is 4.98 Å². The van der Waals surface area contributed by atoms with Crippen LogP contribution in [0.5, 0.6) is 5.88 Å². The highest BCUT2D eigenvalue weighted by Crippen LogP contribution is 2.18. The monoisotopic (exact) mass is 347 g/mol. The predicted molar refractivity (Wildman–Crippen MR) is 97.0 cm³/mol. The summed E-state index contributed by atoms with van der Waals surface area (Å²) in [7, 11) is 0. The summed E-state index contributed by atoms with van der Waals surface area (Å²) in [6.07, 6.45) is 8.63. The Hall–Kier alpha value is -2.05. The minimum absolute atomic E-state index is 0.0812. The summed E-state index contributed by atoms with van der Waals surface area (Å²) < 4.78 is 5.46. The minimum Gasteiger partial charge on any atom is -0.478 e. The quantitative estimate of drug-likeness (QED) is 0.906. The maximum atomic E-state index is 12.5. The van der Waals surface area contributed by atoms with E-state index >= 15 is 0 Å². The first kappa shape index (κ1) is 17.8. The van der Waals surface area contributed by atoms with Gasteiger partial charge in [-0.15, -0.1) is 0 Å². The largest absolute Gasteiger partial charge is 0.478 e. The molecule has 138 valence electrons. The average Bonchev–Trinajstić information content (AvgIpc) is 2.89. The van der Waals surface area contributed by atoms with Crippen LogP contribution < -0.4 is 15.0 Å². The Labute approximate surface area is 149 Å². The maximum Gasteiger partial charge on any atom is 0.317 e. The Morgan fingerprint density at radius 2 is 2.04 bits per heavy atom. The minimum atomic E-state index is 0.0812. The third kappa shape index (κ3) is 4.96. The SMILES string of the molecule is CCOc1ccnc(N2CCCN(C(=O)NC3CCCCC3)CC2)n1. The molecule has 2 aliphatic rings. The molecular weight excluding hydrogens is 318 g/mol. The molecule has 2 amide bonds. The van der Waals surface area contributed by atoms with E-state index in [9.17, 15) is 4.79 Å². The van der Waals surface area contributed by atoms with Crippen LogP contribution in [0.15, 0.2) is 12.3 Å². The van der Waals surface area contributed by atoms with Gasteiger partial charge in [-0.3, -0.25) is 0 Å². The number of amides is 2. The van der Waals surface area contributed by atoms with Crippen LogP contribution in [0.2, 0.25) is 0 Å². The fourth-order valence-electron chi connectivity index (χ4n) is 3.55. The summed E-state index contributed by atoms with van der Waals surface area (Å²) in [6, 6.07) is 2.21. The second-order valence-corrected chi connectivity index (χ2v) is 6.74. The first-order valence-electron chi connectivity index (χ1n) is 9.52. The van der Waals surface area contributed by atoms with Crippen molar-refractivity contribution in [3.8, 4) is 5.88 Å². The topological polar surface area (TPSA) is 70.6 Å². The van der Waals surface area contributed by atoms with E-state index in [1.165, 1.54) is 19.3 Å². The van der Waals surface area contributed by atoms with Crippen LogP contribution in [0.3, 0.4) is 0 Å². The van der Waals surface area contributed by atoms with Crippen LogP contribution >= 0.6 is 0 Å². The summed E-state index contributed by atoms with van der Waals surface area (Å²) >= 11 is 0. The third-order valence-corrected chi connectivity index (χ3v) is 4.91. The van der Waals surface area contributed by atoms with Crippen molar-refractivity contribution >= 4 is 12.0 Å². The van der Waals surface area contributed by atoms with Crippen LogP contribution in [0.4, 0.5) is 10.7 Å². The Morgan fingerprint density at radius 1 is 1.20 bits per heavy atom. The molecule has 7 nitrogen and oxygen atoms in total. The lowest BCUT2D eigenvalue weighted by Gasteiger charge is -2.27. The van der Waals surface area contributed by atoms with Crippen molar-refractivity contribution in [3.63, 3.8) is 0 Å². The first-order valence-corrected chi connectivity index (χ1v) is 9.52. The highest BCUT2D eigenvalue weighted by molar-refractivity contribution is 5.74. The van der Waals surface area contributed by atoms with Crippen LogP contribution in [-0.4, -0.2) is 59.7 Å². The van der Waals surface area contributed by atoms with Crippen molar-refractivity contribution in [1.82, 2.24) is 20.2 Å². The van der Waals surface area contributed by atoms with Crippen molar-refractivity contribution in [2.45, 2.75) is 51.5 Å². The highest BCUT2D eigenvalue weighted by Gasteiger charge is 2.23. The predicted octanol–water partition coefficient (Wildman–Crippen LogP) is 2.43. The number of urea groups is 1. The lowest BCUT2D eigenvalue weighted by Crippen LogP contribution is -2.46. The lowest BCUT2D eigenvalue weighted by atomic mass is 9.96. The standard InChI is InChI=1S/C18H29N5O2/c1-2-25-16-9-10-19-17(21-16)22-11-6-12-23(14-13-22)18(24)20-15-7-4-3-5-8-15/h9-10,15H,2-8,11-14H2,1H3,(H,20,24). The third-order valence-electron chi connectivity index (χ3n) is 4.91. The van der Waals surface area contributed by atoms with Gasteiger partial charge in [0, 0.05) is 44.5 Å². The van der Waals surface area contributed by atoms with Gasteiger partial charge in [0.05, 0.1) is 6.61 Å². The molecule has 1 aliphatic heterocycles. The molecule has 0 aromatic carbocycles. The second kappa shape index (κ2) is 8.87. The van der Waals surface area contributed by atoms with E-state index in [0.717, 1.165) is 38.9 Å². The summed E-state index contributed by atoms with van der Waals surface area (Å²) in [5.74, 6) is 1.28. The molecule has 2 fully saturated rings. The zero-order valence-corrected chi connectivity index (χ0v) is 15.1. The second-order valence-electron chi connectivity index (χ2n) is 6.74. The van der Waals surface area contributed by atoms with Gasteiger partial charge in [-0.05, 0) is 26.2 Å². The van der Waals surface area contributed by atoms with E-state index < -0.39 is 0 Å². The van der Waals surface area contributed by atoms with Gasteiger partial charge >= 0.3 is 6.03 Å². The van der Waals surface area contributed by atoms with Crippen LogP contribution in [0, 0.1) is 0 Å². The molecule has 0 unspecified atom stereocenters. The summed E-state index contributed by atoms with van der Waals surface area (Å²) in [5.41, 5.74) is 0. The molecule has 2 heterocycles. The molecule has 1 saturated heterocycles. The summed E-state index contributed by atoms with van der Waals surface area (Å²) in [4.78, 5) is 25.4. The lowest BCUT2D eigenvalue weighted by molar-refractivity contribution is 0.193. The molecule has 0 radical (unpaired) electrons. The number of nitrogens with zero attached hydrogens (tertiary/aromatic N) is 4. The molecule has 1 saturated carbocycles. The van der Waals surface area contributed by atoms with Gasteiger partial charge in [0.15, 0.2) is 0 Å². The molecule has 7 heteroatoms.